The second-order valence-electron chi connectivity index (χ2n) is 7.15. The standard InChI is InChI=1S/C19H23N3O3/c23-17-2-1-9-20(17)12-14-3-5-15(6-4-14)19(25)21-10-11-22-16(13-21)7-8-18(22)24/h3-6,16H,1-2,7-13H2. The Morgan fingerprint density at radius 1 is 1.00 bits per heavy atom. The van der Waals surface area contributed by atoms with Crippen LogP contribution in [0.5, 0.6) is 0 Å². The Morgan fingerprint density at radius 3 is 2.52 bits per heavy atom. The molecule has 3 amide bonds. The predicted molar refractivity (Wildman–Crippen MR) is 91.7 cm³/mol. The predicted octanol–water partition coefficient (Wildman–Crippen LogP) is 1.26. The van der Waals surface area contributed by atoms with Gasteiger partial charge in [-0.1, -0.05) is 12.1 Å². The summed E-state index contributed by atoms with van der Waals surface area (Å²) >= 11 is 0. The van der Waals surface area contributed by atoms with Crippen molar-refractivity contribution in [3.63, 3.8) is 0 Å². The van der Waals surface area contributed by atoms with Crippen LogP contribution in [-0.2, 0) is 16.1 Å². The van der Waals surface area contributed by atoms with E-state index in [2.05, 4.69) is 0 Å². The first-order chi connectivity index (χ1) is 12.1. The molecule has 3 aliphatic rings. The lowest BCUT2D eigenvalue weighted by Crippen LogP contribution is -2.53. The molecule has 25 heavy (non-hydrogen) atoms. The lowest BCUT2D eigenvalue weighted by Gasteiger charge is -2.37. The van der Waals surface area contributed by atoms with Gasteiger partial charge >= 0.3 is 0 Å². The van der Waals surface area contributed by atoms with Gasteiger partial charge in [0.25, 0.3) is 5.91 Å². The Bertz CT molecular complexity index is 700. The van der Waals surface area contributed by atoms with E-state index in [0.717, 1.165) is 24.9 Å². The summed E-state index contributed by atoms with van der Waals surface area (Å²) in [5, 5.41) is 0. The van der Waals surface area contributed by atoms with Gasteiger partial charge in [0, 0.05) is 57.2 Å². The number of nitrogens with zero attached hydrogens (tertiary/aromatic N) is 3. The molecule has 1 atom stereocenters. The molecular formula is C19H23N3O3. The van der Waals surface area contributed by atoms with Crippen LogP contribution in [0.1, 0.15) is 41.6 Å². The molecular weight excluding hydrogens is 318 g/mol. The van der Waals surface area contributed by atoms with Gasteiger partial charge in [-0.2, -0.15) is 0 Å². The van der Waals surface area contributed by atoms with Gasteiger partial charge in [-0.05, 0) is 30.5 Å². The number of piperazine rings is 1. The minimum absolute atomic E-state index is 0.0304. The molecule has 3 saturated heterocycles. The molecule has 1 aromatic rings. The van der Waals surface area contributed by atoms with E-state index >= 15 is 0 Å². The maximum atomic E-state index is 12.7. The third-order valence-electron chi connectivity index (χ3n) is 5.53. The third-order valence-corrected chi connectivity index (χ3v) is 5.53. The molecule has 0 N–H and O–H groups in total. The number of benzene rings is 1. The fourth-order valence-corrected chi connectivity index (χ4v) is 4.08. The van der Waals surface area contributed by atoms with Gasteiger partial charge in [0.1, 0.15) is 0 Å². The first-order valence-electron chi connectivity index (χ1n) is 9.07. The monoisotopic (exact) mass is 341 g/mol. The molecule has 4 rings (SSSR count). The van der Waals surface area contributed by atoms with E-state index < -0.39 is 0 Å². The van der Waals surface area contributed by atoms with E-state index in [9.17, 15) is 14.4 Å². The van der Waals surface area contributed by atoms with Gasteiger partial charge in [-0.3, -0.25) is 14.4 Å². The molecule has 132 valence electrons. The molecule has 1 aromatic carbocycles. The van der Waals surface area contributed by atoms with Crippen LogP contribution >= 0.6 is 0 Å². The zero-order valence-corrected chi connectivity index (χ0v) is 14.3. The van der Waals surface area contributed by atoms with Crippen molar-refractivity contribution in [3.05, 3.63) is 35.4 Å². The van der Waals surface area contributed by atoms with Crippen molar-refractivity contribution >= 4 is 17.7 Å². The summed E-state index contributed by atoms with van der Waals surface area (Å²) in [6.07, 6.45) is 3.04. The molecule has 3 heterocycles. The third kappa shape index (κ3) is 3.13. The molecule has 0 radical (unpaired) electrons. The summed E-state index contributed by atoms with van der Waals surface area (Å²) < 4.78 is 0. The van der Waals surface area contributed by atoms with Crippen LogP contribution in [0.15, 0.2) is 24.3 Å². The zero-order chi connectivity index (χ0) is 17.4. The van der Waals surface area contributed by atoms with Crippen LogP contribution in [0.2, 0.25) is 0 Å². The highest BCUT2D eigenvalue weighted by molar-refractivity contribution is 5.94. The van der Waals surface area contributed by atoms with E-state index in [1.807, 2.05) is 39.0 Å². The van der Waals surface area contributed by atoms with Crippen molar-refractivity contribution in [2.24, 2.45) is 0 Å². The van der Waals surface area contributed by atoms with E-state index in [1.54, 1.807) is 0 Å². The van der Waals surface area contributed by atoms with E-state index in [-0.39, 0.29) is 23.8 Å². The van der Waals surface area contributed by atoms with Gasteiger partial charge in [0.2, 0.25) is 11.8 Å². The number of fused-ring (bicyclic) bond motifs is 1. The number of likely N-dealkylation sites (tertiary alicyclic amines) is 1. The summed E-state index contributed by atoms with van der Waals surface area (Å²) in [5.74, 6) is 0.463. The van der Waals surface area contributed by atoms with Crippen LogP contribution in [0.4, 0.5) is 0 Å². The van der Waals surface area contributed by atoms with Gasteiger partial charge < -0.3 is 14.7 Å². The Balaban J connectivity index is 1.39. The second kappa shape index (κ2) is 6.50. The first-order valence-corrected chi connectivity index (χ1v) is 9.07. The highest BCUT2D eigenvalue weighted by Gasteiger charge is 2.37. The molecule has 3 aliphatic heterocycles. The largest absolute Gasteiger partial charge is 0.338 e. The Morgan fingerprint density at radius 2 is 1.80 bits per heavy atom. The highest BCUT2D eigenvalue weighted by Crippen LogP contribution is 2.24. The molecule has 0 bridgehead atoms. The van der Waals surface area contributed by atoms with Crippen molar-refractivity contribution < 1.29 is 14.4 Å². The molecule has 0 spiro atoms. The van der Waals surface area contributed by atoms with Crippen molar-refractivity contribution in [2.45, 2.75) is 38.3 Å². The van der Waals surface area contributed by atoms with Crippen LogP contribution in [-0.4, -0.2) is 64.6 Å². The summed E-state index contributed by atoms with van der Waals surface area (Å²) in [6, 6.07) is 7.77. The van der Waals surface area contributed by atoms with Gasteiger partial charge in [0.15, 0.2) is 0 Å². The lowest BCUT2D eigenvalue weighted by molar-refractivity contribution is -0.130. The summed E-state index contributed by atoms with van der Waals surface area (Å²) in [6.45, 7) is 3.32. The van der Waals surface area contributed by atoms with E-state index in [4.69, 9.17) is 0 Å². The second-order valence-corrected chi connectivity index (χ2v) is 7.15. The van der Waals surface area contributed by atoms with Crippen molar-refractivity contribution in [2.75, 3.05) is 26.2 Å². The summed E-state index contributed by atoms with van der Waals surface area (Å²) in [4.78, 5) is 41.8. The zero-order valence-electron chi connectivity index (χ0n) is 14.3. The topological polar surface area (TPSA) is 60.9 Å². The normalized spacial score (nSPS) is 23.4. The molecule has 0 aliphatic carbocycles. The quantitative estimate of drug-likeness (QED) is 0.831. The molecule has 3 fully saturated rings. The Hall–Kier alpha value is -2.37. The average Bonchev–Trinajstić information content (AvgIpc) is 3.21. The lowest BCUT2D eigenvalue weighted by atomic mass is 10.1. The fourth-order valence-electron chi connectivity index (χ4n) is 4.08. The maximum Gasteiger partial charge on any atom is 0.253 e. The van der Waals surface area contributed by atoms with Gasteiger partial charge in [-0.15, -0.1) is 0 Å². The number of hydrogen-bond acceptors (Lipinski definition) is 3. The van der Waals surface area contributed by atoms with Gasteiger partial charge in [-0.25, -0.2) is 0 Å². The number of rotatable bonds is 3. The van der Waals surface area contributed by atoms with E-state index in [1.165, 1.54) is 0 Å². The maximum absolute atomic E-state index is 12.7. The van der Waals surface area contributed by atoms with Crippen molar-refractivity contribution in [3.8, 4) is 0 Å². The minimum atomic E-state index is 0.0304. The first kappa shape index (κ1) is 16.1. The molecule has 0 saturated carbocycles. The van der Waals surface area contributed by atoms with Gasteiger partial charge in [0.05, 0.1) is 0 Å². The smallest absolute Gasteiger partial charge is 0.253 e. The Kier molecular flexibility index (Phi) is 4.19. The average molecular weight is 341 g/mol. The summed E-state index contributed by atoms with van der Waals surface area (Å²) in [7, 11) is 0. The van der Waals surface area contributed by atoms with Crippen LogP contribution in [0.25, 0.3) is 0 Å². The molecule has 1 unspecified atom stereocenters. The van der Waals surface area contributed by atoms with E-state index in [0.29, 0.717) is 44.6 Å². The highest BCUT2D eigenvalue weighted by atomic mass is 16.2. The minimum Gasteiger partial charge on any atom is -0.338 e. The molecule has 6 heteroatoms. The number of hydrogen-bond donors (Lipinski definition) is 0. The number of carbonyl (C=O) groups is 3. The number of amides is 3. The Labute approximate surface area is 147 Å². The van der Waals surface area contributed by atoms with Crippen molar-refractivity contribution in [1.82, 2.24) is 14.7 Å². The molecule has 6 nitrogen and oxygen atoms in total. The fraction of sp³-hybridized carbons (Fsp3) is 0.526. The summed E-state index contributed by atoms with van der Waals surface area (Å²) in [5.41, 5.74) is 1.73. The SMILES string of the molecule is O=C1CCCN1Cc1ccc(C(=O)N2CCN3C(=O)CCC3C2)cc1. The molecule has 0 aromatic heterocycles. The van der Waals surface area contributed by atoms with Crippen LogP contribution in [0.3, 0.4) is 0 Å². The van der Waals surface area contributed by atoms with Crippen LogP contribution < -0.4 is 0 Å². The van der Waals surface area contributed by atoms with Crippen LogP contribution in [0, 0.1) is 0 Å². The number of carbonyl (C=O) groups excluding carboxylic acids is 3. The van der Waals surface area contributed by atoms with Crippen molar-refractivity contribution in [1.29, 1.82) is 0 Å².